The molecule has 0 fully saturated rings. The van der Waals surface area contributed by atoms with Crippen molar-refractivity contribution >= 4 is 37.8 Å². The van der Waals surface area contributed by atoms with Gasteiger partial charge in [-0.05, 0) is 24.6 Å². The van der Waals surface area contributed by atoms with Gasteiger partial charge in [0.05, 0.1) is 12.2 Å². The minimum absolute atomic E-state index is 0.275. The number of hydrogen-bond acceptors (Lipinski definition) is 2. The van der Waals surface area contributed by atoms with Crippen LogP contribution in [0.5, 0.6) is 0 Å². The Morgan fingerprint density at radius 2 is 2.21 bits per heavy atom. The van der Waals surface area contributed by atoms with Crippen molar-refractivity contribution in [1.82, 2.24) is 0 Å². The third kappa shape index (κ3) is 2.58. The summed E-state index contributed by atoms with van der Waals surface area (Å²) in [6, 6.07) is 5.49. The summed E-state index contributed by atoms with van der Waals surface area (Å²) < 4.78 is 5.86. The first kappa shape index (κ1) is 11.7. The molecule has 0 aliphatic carbocycles. The Labute approximate surface area is 99.9 Å². The molecule has 0 saturated heterocycles. The lowest BCUT2D eigenvalue weighted by Crippen LogP contribution is -2.07. The van der Waals surface area contributed by atoms with Crippen molar-refractivity contribution in [3.63, 3.8) is 0 Å². The van der Waals surface area contributed by atoms with E-state index >= 15 is 0 Å². The average Bonchev–Trinajstić information content (AvgIpc) is 2.17. The Hall–Kier alpha value is -0.350. The summed E-state index contributed by atoms with van der Waals surface area (Å²) in [5.41, 5.74) is 1.53. The smallest absolute Gasteiger partial charge is 0.338 e. The van der Waals surface area contributed by atoms with Crippen molar-refractivity contribution in [1.29, 1.82) is 0 Å². The Balaban J connectivity index is 3.07. The predicted molar refractivity (Wildman–Crippen MR) is 62.7 cm³/mol. The molecular formula is C10H10Br2O2. The second-order valence-electron chi connectivity index (χ2n) is 2.62. The zero-order chi connectivity index (χ0) is 10.6. The molecule has 1 aromatic carbocycles. The van der Waals surface area contributed by atoms with E-state index in [-0.39, 0.29) is 5.97 Å². The third-order valence-electron chi connectivity index (χ3n) is 1.75. The normalized spacial score (nSPS) is 9.93. The molecule has 0 atom stereocenters. The van der Waals surface area contributed by atoms with Gasteiger partial charge in [-0.1, -0.05) is 37.9 Å². The molecule has 0 unspecified atom stereocenters. The zero-order valence-electron chi connectivity index (χ0n) is 7.72. The summed E-state index contributed by atoms with van der Waals surface area (Å²) in [5.74, 6) is -0.275. The van der Waals surface area contributed by atoms with Gasteiger partial charge in [0.2, 0.25) is 0 Å². The quantitative estimate of drug-likeness (QED) is 0.629. The van der Waals surface area contributed by atoms with E-state index in [1.807, 2.05) is 12.1 Å². The van der Waals surface area contributed by atoms with E-state index < -0.39 is 0 Å². The van der Waals surface area contributed by atoms with Crippen LogP contribution in [0.25, 0.3) is 0 Å². The predicted octanol–water partition coefficient (Wildman–Crippen LogP) is 3.52. The number of benzene rings is 1. The minimum atomic E-state index is -0.275. The van der Waals surface area contributed by atoms with Crippen molar-refractivity contribution < 1.29 is 9.53 Å². The van der Waals surface area contributed by atoms with Crippen LogP contribution in [0.3, 0.4) is 0 Å². The first-order valence-corrected chi connectivity index (χ1v) is 6.12. The molecular weight excluding hydrogens is 312 g/mol. The average molecular weight is 322 g/mol. The van der Waals surface area contributed by atoms with Gasteiger partial charge in [-0.2, -0.15) is 0 Å². The summed E-state index contributed by atoms with van der Waals surface area (Å²) in [5, 5.41) is 0.628. The van der Waals surface area contributed by atoms with Crippen molar-refractivity contribution in [3.05, 3.63) is 33.8 Å². The van der Waals surface area contributed by atoms with E-state index in [0.29, 0.717) is 17.5 Å². The number of rotatable bonds is 3. The molecule has 0 aromatic heterocycles. The highest BCUT2D eigenvalue weighted by Crippen LogP contribution is 2.23. The van der Waals surface area contributed by atoms with Crippen molar-refractivity contribution in [2.75, 3.05) is 6.61 Å². The van der Waals surface area contributed by atoms with Crippen LogP contribution < -0.4 is 0 Å². The van der Waals surface area contributed by atoms with Crippen molar-refractivity contribution in [2.24, 2.45) is 0 Å². The summed E-state index contributed by atoms with van der Waals surface area (Å²) in [4.78, 5) is 11.5. The lowest BCUT2D eigenvalue weighted by Gasteiger charge is -2.07. The van der Waals surface area contributed by atoms with Crippen LogP contribution in [0, 0.1) is 0 Å². The molecule has 0 aliphatic heterocycles. The maximum absolute atomic E-state index is 11.5. The summed E-state index contributed by atoms with van der Waals surface area (Å²) >= 11 is 6.73. The van der Waals surface area contributed by atoms with Gasteiger partial charge in [0.1, 0.15) is 0 Å². The van der Waals surface area contributed by atoms with Gasteiger partial charge in [-0.25, -0.2) is 4.79 Å². The van der Waals surface area contributed by atoms with Crippen LogP contribution in [0.15, 0.2) is 22.7 Å². The van der Waals surface area contributed by atoms with Gasteiger partial charge in [-0.15, -0.1) is 0 Å². The Bertz CT molecular complexity index is 337. The summed E-state index contributed by atoms with van der Waals surface area (Å²) in [7, 11) is 0. The van der Waals surface area contributed by atoms with Crippen LogP contribution >= 0.6 is 31.9 Å². The molecule has 0 bridgehead atoms. The van der Waals surface area contributed by atoms with E-state index in [2.05, 4.69) is 31.9 Å². The number of ether oxygens (including phenoxy) is 1. The van der Waals surface area contributed by atoms with Gasteiger partial charge in [-0.3, -0.25) is 0 Å². The van der Waals surface area contributed by atoms with E-state index in [9.17, 15) is 4.79 Å². The Morgan fingerprint density at radius 3 is 2.79 bits per heavy atom. The maximum Gasteiger partial charge on any atom is 0.338 e. The number of carbonyl (C=O) groups is 1. The fraction of sp³-hybridized carbons (Fsp3) is 0.300. The molecule has 0 heterocycles. The lowest BCUT2D eigenvalue weighted by molar-refractivity contribution is 0.0525. The van der Waals surface area contributed by atoms with Crippen LogP contribution in [-0.2, 0) is 10.1 Å². The molecule has 2 nitrogen and oxygen atoms in total. The zero-order valence-corrected chi connectivity index (χ0v) is 10.9. The standard InChI is InChI=1S/C10H10Br2O2/c1-2-14-10(13)7-4-3-5-9(12)8(7)6-11/h3-5H,2,6H2,1H3. The molecule has 0 saturated carbocycles. The van der Waals surface area contributed by atoms with Gasteiger partial charge < -0.3 is 4.74 Å². The van der Waals surface area contributed by atoms with Gasteiger partial charge in [0.15, 0.2) is 0 Å². The first-order chi connectivity index (χ1) is 6.70. The largest absolute Gasteiger partial charge is 0.462 e. The highest BCUT2D eigenvalue weighted by Gasteiger charge is 2.13. The number of hydrogen-bond donors (Lipinski definition) is 0. The summed E-state index contributed by atoms with van der Waals surface area (Å²) in [6.45, 7) is 2.19. The molecule has 14 heavy (non-hydrogen) atoms. The van der Waals surface area contributed by atoms with E-state index in [0.717, 1.165) is 10.0 Å². The minimum Gasteiger partial charge on any atom is -0.462 e. The number of esters is 1. The lowest BCUT2D eigenvalue weighted by atomic mass is 10.1. The van der Waals surface area contributed by atoms with Crippen molar-refractivity contribution in [2.45, 2.75) is 12.3 Å². The molecule has 0 amide bonds. The van der Waals surface area contributed by atoms with Gasteiger partial charge in [0.25, 0.3) is 0 Å². The molecule has 4 heteroatoms. The van der Waals surface area contributed by atoms with Crippen LogP contribution in [-0.4, -0.2) is 12.6 Å². The van der Waals surface area contributed by atoms with Gasteiger partial charge in [0, 0.05) is 9.80 Å². The third-order valence-corrected chi connectivity index (χ3v) is 3.05. The molecule has 0 aliphatic rings. The topological polar surface area (TPSA) is 26.3 Å². The second kappa shape index (κ2) is 5.51. The fourth-order valence-corrected chi connectivity index (χ4v) is 2.58. The molecule has 0 spiro atoms. The maximum atomic E-state index is 11.5. The van der Waals surface area contributed by atoms with Crippen LogP contribution in [0.1, 0.15) is 22.8 Å². The fourth-order valence-electron chi connectivity index (χ4n) is 1.09. The number of halogens is 2. The number of alkyl halides is 1. The van der Waals surface area contributed by atoms with E-state index in [4.69, 9.17) is 4.74 Å². The Morgan fingerprint density at radius 1 is 1.50 bits per heavy atom. The number of carbonyl (C=O) groups excluding carboxylic acids is 1. The highest BCUT2D eigenvalue weighted by molar-refractivity contribution is 9.10. The van der Waals surface area contributed by atoms with Crippen LogP contribution in [0.4, 0.5) is 0 Å². The molecule has 76 valence electrons. The van der Waals surface area contributed by atoms with Crippen LogP contribution in [0.2, 0.25) is 0 Å². The van der Waals surface area contributed by atoms with Gasteiger partial charge >= 0.3 is 5.97 Å². The molecule has 1 aromatic rings. The van der Waals surface area contributed by atoms with E-state index in [1.54, 1.807) is 13.0 Å². The molecule has 0 N–H and O–H groups in total. The van der Waals surface area contributed by atoms with E-state index in [1.165, 1.54) is 0 Å². The second-order valence-corrected chi connectivity index (χ2v) is 4.04. The summed E-state index contributed by atoms with van der Waals surface area (Å²) in [6.07, 6.45) is 0. The highest BCUT2D eigenvalue weighted by atomic mass is 79.9. The monoisotopic (exact) mass is 320 g/mol. The Kier molecular flexibility index (Phi) is 4.62. The van der Waals surface area contributed by atoms with Crippen molar-refractivity contribution in [3.8, 4) is 0 Å². The SMILES string of the molecule is CCOC(=O)c1cccc(Br)c1CBr. The molecule has 0 radical (unpaired) electrons. The first-order valence-electron chi connectivity index (χ1n) is 4.21. The molecule has 1 rings (SSSR count).